The number of rotatable bonds is 7. The summed E-state index contributed by atoms with van der Waals surface area (Å²) >= 11 is 0. The van der Waals surface area contributed by atoms with Gasteiger partial charge >= 0.3 is 0 Å². The quantitative estimate of drug-likeness (QED) is 0.678. The summed E-state index contributed by atoms with van der Waals surface area (Å²) in [6.07, 6.45) is 2.49. The van der Waals surface area contributed by atoms with Gasteiger partial charge in [-0.25, -0.2) is 8.42 Å². The predicted molar refractivity (Wildman–Crippen MR) is 62.5 cm³/mol. The average molecular weight is 234 g/mol. The minimum atomic E-state index is -2.84. The maximum Gasteiger partial charge on any atom is 0.151 e. The van der Waals surface area contributed by atoms with E-state index in [9.17, 15) is 8.42 Å². The highest BCUT2D eigenvalue weighted by Crippen LogP contribution is 2.34. The lowest BCUT2D eigenvalue weighted by Crippen LogP contribution is -2.41. The van der Waals surface area contributed by atoms with Crippen molar-refractivity contribution in [2.45, 2.75) is 25.8 Å². The zero-order valence-corrected chi connectivity index (χ0v) is 10.5. The summed E-state index contributed by atoms with van der Waals surface area (Å²) < 4.78 is 22.7. The van der Waals surface area contributed by atoms with Crippen molar-refractivity contribution >= 4 is 9.84 Å². The summed E-state index contributed by atoms with van der Waals surface area (Å²) in [6.45, 7) is 2.93. The van der Waals surface area contributed by atoms with Crippen LogP contribution in [0.1, 0.15) is 19.8 Å². The first-order valence-corrected chi connectivity index (χ1v) is 7.43. The molecule has 2 N–H and O–H groups in total. The van der Waals surface area contributed by atoms with Gasteiger partial charge in [-0.3, -0.25) is 0 Å². The van der Waals surface area contributed by atoms with Crippen LogP contribution in [0.25, 0.3) is 0 Å². The molecule has 15 heavy (non-hydrogen) atoms. The molecular formula is C10H22N2O2S. The molecule has 0 saturated heterocycles. The van der Waals surface area contributed by atoms with Gasteiger partial charge in [0.25, 0.3) is 0 Å². The monoisotopic (exact) mass is 234 g/mol. The molecule has 1 aliphatic carbocycles. The van der Waals surface area contributed by atoms with Gasteiger partial charge in [0.05, 0.1) is 5.75 Å². The van der Waals surface area contributed by atoms with E-state index in [2.05, 4.69) is 4.90 Å². The van der Waals surface area contributed by atoms with Crippen LogP contribution in [-0.2, 0) is 9.84 Å². The second kappa shape index (κ2) is 5.27. The normalized spacial score (nSPS) is 19.5. The van der Waals surface area contributed by atoms with E-state index < -0.39 is 9.84 Å². The molecule has 1 rings (SSSR count). The highest BCUT2D eigenvalue weighted by Gasteiger charge is 2.32. The van der Waals surface area contributed by atoms with Gasteiger partial charge in [0.2, 0.25) is 0 Å². The van der Waals surface area contributed by atoms with Crippen LogP contribution in [0.15, 0.2) is 0 Å². The van der Waals surface area contributed by atoms with Gasteiger partial charge in [0.15, 0.2) is 9.84 Å². The lowest BCUT2D eigenvalue weighted by Gasteiger charge is -2.26. The van der Waals surface area contributed by atoms with Crippen LogP contribution in [0.3, 0.4) is 0 Å². The zero-order chi connectivity index (χ0) is 11.5. The Morgan fingerprint density at radius 3 is 2.47 bits per heavy atom. The van der Waals surface area contributed by atoms with Crippen LogP contribution in [0.2, 0.25) is 0 Å². The number of nitrogens with zero attached hydrogens (tertiary/aromatic N) is 1. The molecule has 5 heteroatoms. The first kappa shape index (κ1) is 12.9. The summed E-state index contributed by atoms with van der Waals surface area (Å²) in [5.41, 5.74) is 5.70. The Bertz CT molecular complexity index is 286. The Balaban J connectivity index is 2.37. The van der Waals surface area contributed by atoms with Crippen LogP contribution in [-0.4, -0.2) is 51.0 Å². The molecule has 0 amide bonds. The summed E-state index contributed by atoms with van der Waals surface area (Å²) in [5, 5.41) is 0. The summed E-state index contributed by atoms with van der Waals surface area (Å²) in [7, 11) is -0.871. The third kappa shape index (κ3) is 4.09. The van der Waals surface area contributed by atoms with Gasteiger partial charge in [-0.05, 0) is 25.8 Å². The molecule has 0 aliphatic heterocycles. The van der Waals surface area contributed by atoms with Crippen molar-refractivity contribution < 1.29 is 8.42 Å². The molecule has 1 aliphatic rings. The van der Waals surface area contributed by atoms with Crippen LogP contribution >= 0.6 is 0 Å². The van der Waals surface area contributed by atoms with Crippen molar-refractivity contribution in [2.75, 3.05) is 31.6 Å². The maximum absolute atomic E-state index is 11.3. The minimum absolute atomic E-state index is 0.234. The van der Waals surface area contributed by atoms with Crippen molar-refractivity contribution in [1.82, 2.24) is 4.90 Å². The van der Waals surface area contributed by atoms with E-state index in [4.69, 9.17) is 5.73 Å². The molecule has 0 radical (unpaired) electrons. The molecule has 0 aromatic rings. The van der Waals surface area contributed by atoms with Crippen molar-refractivity contribution in [1.29, 1.82) is 0 Å². The SMILES string of the molecule is CCS(=O)(=O)CCN(C)C(CN)C1CC1. The third-order valence-electron chi connectivity index (χ3n) is 3.17. The Hall–Kier alpha value is -0.130. The van der Waals surface area contributed by atoms with Crippen LogP contribution in [0.5, 0.6) is 0 Å². The molecule has 0 bridgehead atoms. The van der Waals surface area contributed by atoms with Gasteiger partial charge in [-0.2, -0.15) is 0 Å². The number of likely N-dealkylation sites (N-methyl/N-ethyl adjacent to an activating group) is 1. The van der Waals surface area contributed by atoms with Crippen LogP contribution in [0.4, 0.5) is 0 Å². The first-order valence-electron chi connectivity index (χ1n) is 5.61. The highest BCUT2D eigenvalue weighted by atomic mass is 32.2. The Morgan fingerprint density at radius 1 is 1.47 bits per heavy atom. The van der Waals surface area contributed by atoms with Crippen molar-refractivity contribution in [3.05, 3.63) is 0 Å². The molecule has 0 aromatic heterocycles. The molecule has 1 atom stereocenters. The van der Waals surface area contributed by atoms with Gasteiger partial charge < -0.3 is 10.6 Å². The van der Waals surface area contributed by atoms with E-state index in [0.717, 1.165) is 0 Å². The molecular weight excluding hydrogens is 212 g/mol. The fourth-order valence-electron chi connectivity index (χ4n) is 1.81. The van der Waals surface area contributed by atoms with E-state index in [1.165, 1.54) is 12.8 Å². The van der Waals surface area contributed by atoms with E-state index in [1.54, 1.807) is 6.92 Å². The minimum Gasteiger partial charge on any atom is -0.329 e. The van der Waals surface area contributed by atoms with Crippen molar-refractivity contribution in [3.63, 3.8) is 0 Å². The molecule has 4 nitrogen and oxygen atoms in total. The van der Waals surface area contributed by atoms with Gasteiger partial charge in [-0.1, -0.05) is 6.92 Å². The van der Waals surface area contributed by atoms with Crippen LogP contribution < -0.4 is 5.73 Å². The fraction of sp³-hybridized carbons (Fsp3) is 1.00. The molecule has 1 saturated carbocycles. The summed E-state index contributed by atoms with van der Waals surface area (Å²) in [5.74, 6) is 1.19. The second-order valence-corrected chi connectivity index (χ2v) is 6.83. The topological polar surface area (TPSA) is 63.4 Å². The summed E-state index contributed by atoms with van der Waals surface area (Å²) in [4.78, 5) is 2.10. The molecule has 0 heterocycles. The largest absolute Gasteiger partial charge is 0.329 e. The molecule has 0 aromatic carbocycles. The number of hydrogen-bond acceptors (Lipinski definition) is 4. The van der Waals surface area contributed by atoms with Crippen molar-refractivity contribution in [3.8, 4) is 0 Å². The fourth-order valence-corrected chi connectivity index (χ4v) is 2.66. The zero-order valence-electron chi connectivity index (χ0n) is 9.65. The highest BCUT2D eigenvalue weighted by molar-refractivity contribution is 7.91. The molecule has 90 valence electrons. The van der Waals surface area contributed by atoms with Gasteiger partial charge in [-0.15, -0.1) is 0 Å². The standard InChI is InChI=1S/C10H22N2O2S/c1-3-15(13,14)7-6-12(2)10(8-11)9-4-5-9/h9-10H,3-8,11H2,1-2H3. The lowest BCUT2D eigenvalue weighted by atomic mass is 10.1. The Labute approximate surface area is 92.7 Å². The Kier molecular flexibility index (Phi) is 4.55. The maximum atomic E-state index is 11.3. The lowest BCUT2D eigenvalue weighted by molar-refractivity contribution is 0.235. The number of sulfone groups is 1. The summed E-state index contributed by atoms with van der Waals surface area (Å²) in [6, 6.07) is 0.372. The Morgan fingerprint density at radius 2 is 2.07 bits per heavy atom. The van der Waals surface area contributed by atoms with Gasteiger partial charge in [0.1, 0.15) is 0 Å². The van der Waals surface area contributed by atoms with E-state index in [1.807, 2.05) is 7.05 Å². The predicted octanol–water partition coefficient (Wildman–Crippen LogP) is 0.0902. The smallest absolute Gasteiger partial charge is 0.151 e. The van der Waals surface area contributed by atoms with E-state index in [0.29, 0.717) is 25.0 Å². The number of nitrogens with two attached hydrogens (primary N) is 1. The molecule has 0 spiro atoms. The molecule has 1 fully saturated rings. The molecule has 1 unspecified atom stereocenters. The first-order chi connectivity index (χ1) is 7.00. The number of hydrogen-bond donors (Lipinski definition) is 1. The van der Waals surface area contributed by atoms with Crippen LogP contribution in [0, 0.1) is 5.92 Å². The van der Waals surface area contributed by atoms with E-state index >= 15 is 0 Å². The van der Waals surface area contributed by atoms with Gasteiger partial charge in [0, 0.05) is 24.9 Å². The average Bonchev–Trinajstić information content (AvgIpc) is 3.00. The second-order valence-electron chi connectivity index (χ2n) is 4.36. The van der Waals surface area contributed by atoms with Crippen molar-refractivity contribution in [2.24, 2.45) is 11.7 Å². The third-order valence-corrected chi connectivity index (χ3v) is 4.85. The van der Waals surface area contributed by atoms with E-state index in [-0.39, 0.29) is 11.5 Å².